The van der Waals surface area contributed by atoms with Crippen LogP contribution in [0.15, 0.2) is 12.5 Å². The van der Waals surface area contributed by atoms with Gasteiger partial charge < -0.3 is 15.0 Å². The molecule has 24 heavy (non-hydrogen) atoms. The van der Waals surface area contributed by atoms with E-state index >= 15 is 0 Å². The molecule has 0 saturated carbocycles. The first-order valence-electron chi connectivity index (χ1n) is 8.63. The molecule has 2 aromatic heterocycles. The van der Waals surface area contributed by atoms with E-state index in [9.17, 15) is 0 Å². The first kappa shape index (κ1) is 17.3. The van der Waals surface area contributed by atoms with E-state index in [0.29, 0.717) is 12.8 Å². The van der Waals surface area contributed by atoms with E-state index in [2.05, 4.69) is 52.0 Å². The average molecular weight is 349 g/mol. The first-order valence-corrected chi connectivity index (χ1v) is 12.3. The summed E-state index contributed by atoms with van der Waals surface area (Å²) in [5.74, 6) is 0.946. The Bertz CT molecular complexity index is 677. The quantitative estimate of drug-likeness (QED) is 0.609. The Morgan fingerprint density at radius 3 is 2.92 bits per heavy atom. The number of hydrogen-bond acceptors (Lipinski definition) is 6. The standard InChI is InChI=1S/C16H28N6OSi/c1-21(13-5-6-17-9-13)15-14-10-20-22(16(14)19-11-18-15)12-23-7-8-24(2,3)4/h10-11,13,17H,5-9,12H2,1-4H3/t13-/m1/s1. The van der Waals surface area contributed by atoms with Crippen molar-refractivity contribution in [3.8, 4) is 0 Å². The van der Waals surface area contributed by atoms with Crippen molar-refractivity contribution in [1.29, 1.82) is 0 Å². The van der Waals surface area contributed by atoms with Gasteiger partial charge in [0, 0.05) is 34.3 Å². The number of nitrogens with zero attached hydrogens (tertiary/aromatic N) is 5. The molecular formula is C16H28N6OSi. The van der Waals surface area contributed by atoms with Gasteiger partial charge in [0.05, 0.1) is 11.6 Å². The molecule has 8 heteroatoms. The van der Waals surface area contributed by atoms with Gasteiger partial charge >= 0.3 is 0 Å². The minimum absolute atomic E-state index is 0.444. The monoisotopic (exact) mass is 348 g/mol. The summed E-state index contributed by atoms with van der Waals surface area (Å²) >= 11 is 0. The van der Waals surface area contributed by atoms with Gasteiger partial charge in [0.1, 0.15) is 18.9 Å². The number of nitrogens with one attached hydrogen (secondary N) is 1. The van der Waals surface area contributed by atoms with Crippen molar-refractivity contribution in [1.82, 2.24) is 25.1 Å². The first-order chi connectivity index (χ1) is 11.5. The van der Waals surface area contributed by atoms with Gasteiger partial charge in [0.25, 0.3) is 0 Å². The lowest BCUT2D eigenvalue weighted by Crippen LogP contribution is -2.34. The molecule has 132 valence electrons. The van der Waals surface area contributed by atoms with E-state index in [1.165, 1.54) is 0 Å². The number of likely N-dealkylation sites (N-methyl/N-ethyl adjacent to an activating group) is 1. The lowest BCUT2D eigenvalue weighted by atomic mass is 10.2. The fraction of sp³-hybridized carbons (Fsp3) is 0.688. The van der Waals surface area contributed by atoms with Crippen LogP contribution in [0.1, 0.15) is 6.42 Å². The molecule has 3 heterocycles. The average Bonchev–Trinajstić information content (AvgIpc) is 3.19. The normalized spacial score (nSPS) is 18.4. The zero-order valence-electron chi connectivity index (χ0n) is 15.1. The molecular weight excluding hydrogens is 320 g/mol. The second-order valence-corrected chi connectivity index (χ2v) is 13.3. The van der Waals surface area contributed by atoms with Crippen LogP contribution in [-0.4, -0.2) is 60.6 Å². The molecule has 2 aromatic rings. The van der Waals surface area contributed by atoms with E-state index in [0.717, 1.165) is 49.0 Å². The highest BCUT2D eigenvalue weighted by Gasteiger charge is 2.23. The van der Waals surface area contributed by atoms with Crippen LogP contribution in [0.4, 0.5) is 5.82 Å². The van der Waals surface area contributed by atoms with Crippen LogP contribution >= 0.6 is 0 Å². The molecule has 1 N–H and O–H groups in total. The third kappa shape index (κ3) is 3.93. The third-order valence-electron chi connectivity index (χ3n) is 4.54. The second kappa shape index (κ2) is 7.16. The lowest BCUT2D eigenvalue weighted by molar-refractivity contribution is 0.0813. The smallest absolute Gasteiger partial charge is 0.165 e. The van der Waals surface area contributed by atoms with E-state index in [1.54, 1.807) is 6.33 Å². The molecule has 0 radical (unpaired) electrons. The van der Waals surface area contributed by atoms with Gasteiger partial charge in [-0.05, 0) is 19.0 Å². The highest BCUT2D eigenvalue weighted by Crippen LogP contribution is 2.24. The van der Waals surface area contributed by atoms with Crippen molar-refractivity contribution in [3.63, 3.8) is 0 Å². The Kier molecular flexibility index (Phi) is 5.17. The molecule has 0 aliphatic carbocycles. The summed E-state index contributed by atoms with van der Waals surface area (Å²) in [5, 5.41) is 8.84. The van der Waals surface area contributed by atoms with Crippen molar-refractivity contribution >= 4 is 24.9 Å². The maximum absolute atomic E-state index is 5.81. The largest absolute Gasteiger partial charge is 0.359 e. The van der Waals surface area contributed by atoms with Crippen LogP contribution < -0.4 is 10.2 Å². The highest BCUT2D eigenvalue weighted by atomic mass is 28.3. The summed E-state index contributed by atoms with van der Waals surface area (Å²) in [6, 6.07) is 1.63. The lowest BCUT2D eigenvalue weighted by Gasteiger charge is -2.25. The highest BCUT2D eigenvalue weighted by molar-refractivity contribution is 6.76. The Balaban J connectivity index is 1.71. The summed E-state index contributed by atoms with van der Waals surface area (Å²) in [7, 11) is 1.03. The molecule has 0 spiro atoms. The number of ether oxygens (including phenoxy) is 1. The Hall–Kier alpha value is -1.51. The predicted octanol–water partition coefficient (Wildman–Crippen LogP) is 1.94. The van der Waals surface area contributed by atoms with Crippen molar-refractivity contribution in [2.24, 2.45) is 0 Å². The zero-order valence-corrected chi connectivity index (χ0v) is 16.1. The number of aromatic nitrogens is 4. The van der Waals surface area contributed by atoms with Gasteiger partial charge in [0.2, 0.25) is 0 Å². The number of fused-ring (bicyclic) bond motifs is 1. The van der Waals surface area contributed by atoms with E-state index in [-0.39, 0.29) is 0 Å². The van der Waals surface area contributed by atoms with E-state index < -0.39 is 8.07 Å². The van der Waals surface area contributed by atoms with Crippen LogP contribution in [0.3, 0.4) is 0 Å². The van der Waals surface area contributed by atoms with Gasteiger partial charge in [-0.25, -0.2) is 14.6 Å². The topological polar surface area (TPSA) is 68.1 Å². The minimum Gasteiger partial charge on any atom is -0.359 e. The molecule has 0 unspecified atom stereocenters. The van der Waals surface area contributed by atoms with Crippen molar-refractivity contribution < 1.29 is 4.74 Å². The van der Waals surface area contributed by atoms with Crippen LogP contribution in [0.25, 0.3) is 11.0 Å². The van der Waals surface area contributed by atoms with Crippen molar-refractivity contribution in [3.05, 3.63) is 12.5 Å². The summed E-state index contributed by atoms with van der Waals surface area (Å²) in [6.07, 6.45) is 4.61. The van der Waals surface area contributed by atoms with Crippen LogP contribution in [0.5, 0.6) is 0 Å². The summed E-state index contributed by atoms with van der Waals surface area (Å²) in [4.78, 5) is 11.1. The number of rotatable bonds is 7. The van der Waals surface area contributed by atoms with Gasteiger partial charge in [-0.3, -0.25) is 0 Å². The van der Waals surface area contributed by atoms with Crippen LogP contribution in [0, 0.1) is 0 Å². The fourth-order valence-corrected chi connectivity index (χ4v) is 3.69. The van der Waals surface area contributed by atoms with E-state index in [1.807, 2.05) is 10.9 Å². The molecule has 0 bridgehead atoms. The van der Waals surface area contributed by atoms with Gasteiger partial charge in [-0.1, -0.05) is 19.6 Å². The molecule has 1 aliphatic heterocycles. The SMILES string of the molecule is CN(c1ncnc2c1cnn2COCC[Si](C)(C)C)[C@@H]1CCNC1. The van der Waals surface area contributed by atoms with Gasteiger partial charge in [-0.2, -0.15) is 5.10 Å². The van der Waals surface area contributed by atoms with Crippen molar-refractivity contribution in [2.75, 3.05) is 31.6 Å². The molecule has 0 aromatic carbocycles. The maximum Gasteiger partial charge on any atom is 0.165 e. The Morgan fingerprint density at radius 1 is 1.38 bits per heavy atom. The van der Waals surface area contributed by atoms with Crippen LogP contribution in [0.2, 0.25) is 25.7 Å². The van der Waals surface area contributed by atoms with Gasteiger partial charge in [0.15, 0.2) is 5.65 Å². The molecule has 1 atom stereocenters. The summed E-state index contributed by atoms with van der Waals surface area (Å²) in [5.41, 5.74) is 0.839. The molecule has 0 amide bonds. The zero-order chi connectivity index (χ0) is 17.2. The van der Waals surface area contributed by atoms with Crippen LogP contribution in [-0.2, 0) is 11.5 Å². The molecule has 1 fully saturated rings. The third-order valence-corrected chi connectivity index (χ3v) is 6.24. The molecule has 7 nitrogen and oxygen atoms in total. The molecule has 1 saturated heterocycles. The number of hydrogen-bond donors (Lipinski definition) is 1. The van der Waals surface area contributed by atoms with E-state index in [4.69, 9.17) is 4.74 Å². The number of anilines is 1. The molecule has 1 aliphatic rings. The fourth-order valence-electron chi connectivity index (χ4n) is 2.93. The summed E-state index contributed by atoms with van der Waals surface area (Å²) in [6.45, 7) is 10.3. The predicted molar refractivity (Wildman–Crippen MR) is 99.1 cm³/mol. The molecule has 3 rings (SSSR count). The second-order valence-electron chi connectivity index (χ2n) is 7.68. The Morgan fingerprint density at radius 2 is 2.21 bits per heavy atom. The van der Waals surface area contributed by atoms with Gasteiger partial charge in [-0.15, -0.1) is 0 Å². The van der Waals surface area contributed by atoms with Crippen molar-refractivity contribution in [2.45, 2.75) is 44.9 Å². The minimum atomic E-state index is -1.06. The maximum atomic E-state index is 5.81. The Labute approximate surface area is 144 Å². The summed E-state index contributed by atoms with van der Waals surface area (Å²) < 4.78 is 7.64.